The Labute approximate surface area is 126 Å². The number of amides is 1. The van der Waals surface area contributed by atoms with Gasteiger partial charge in [0, 0.05) is 25.3 Å². The highest BCUT2D eigenvalue weighted by Crippen LogP contribution is 2.23. The highest BCUT2D eigenvalue weighted by molar-refractivity contribution is 5.81. The number of nitrogens with zero attached hydrogens (tertiary/aromatic N) is 3. The van der Waals surface area contributed by atoms with E-state index in [1.54, 1.807) is 0 Å². The van der Waals surface area contributed by atoms with Crippen molar-refractivity contribution in [1.82, 2.24) is 20.0 Å². The van der Waals surface area contributed by atoms with Crippen molar-refractivity contribution in [2.75, 3.05) is 18.8 Å². The number of rotatable bonds is 5. The molecule has 21 heavy (non-hydrogen) atoms. The van der Waals surface area contributed by atoms with Crippen LogP contribution in [0.5, 0.6) is 0 Å². The van der Waals surface area contributed by atoms with Gasteiger partial charge in [-0.05, 0) is 39.2 Å². The molecule has 1 amide bonds. The lowest BCUT2D eigenvalue weighted by molar-refractivity contribution is -0.127. The van der Waals surface area contributed by atoms with E-state index in [1.807, 2.05) is 30.8 Å². The van der Waals surface area contributed by atoms with Crippen molar-refractivity contribution in [3.05, 3.63) is 12.3 Å². The number of nitrogens with one attached hydrogen (secondary N) is 1. The van der Waals surface area contributed by atoms with Crippen molar-refractivity contribution in [3.8, 4) is 0 Å². The fraction of sp³-hybridized carbons (Fsp3) is 0.733. The second-order valence-corrected chi connectivity index (χ2v) is 5.98. The third kappa shape index (κ3) is 3.97. The molecule has 0 aliphatic carbocycles. The molecule has 0 aromatic carbocycles. The molecule has 0 saturated carbocycles. The van der Waals surface area contributed by atoms with Gasteiger partial charge in [-0.2, -0.15) is 5.10 Å². The first-order valence-corrected chi connectivity index (χ1v) is 7.86. The maximum Gasteiger partial charge on any atom is 0.237 e. The Morgan fingerprint density at radius 1 is 1.48 bits per heavy atom. The third-order valence-corrected chi connectivity index (χ3v) is 4.43. The monoisotopic (exact) mass is 293 g/mol. The summed E-state index contributed by atoms with van der Waals surface area (Å²) in [6.45, 7) is 7.94. The van der Waals surface area contributed by atoms with Gasteiger partial charge in [-0.1, -0.05) is 6.92 Å². The zero-order valence-corrected chi connectivity index (χ0v) is 13.2. The van der Waals surface area contributed by atoms with Gasteiger partial charge in [0.25, 0.3) is 0 Å². The molecule has 118 valence electrons. The number of carbonyl (C=O) groups is 1. The summed E-state index contributed by atoms with van der Waals surface area (Å²) in [7, 11) is 0. The molecule has 3 N–H and O–H groups in total. The zero-order chi connectivity index (χ0) is 15.4. The van der Waals surface area contributed by atoms with Crippen LogP contribution in [0, 0.1) is 0 Å². The summed E-state index contributed by atoms with van der Waals surface area (Å²) >= 11 is 0. The Morgan fingerprint density at radius 2 is 2.14 bits per heavy atom. The minimum absolute atomic E-state index is 0.0670. The number of hydrogen-bond acceptors (Lipinski definition) is 4. The van der Waals surface area contributed by atoms with E-state index in [9.17, 15) is 4.79 Å². The van der Waals surface area contributed by atoms with Crippen molar-refractivity contribution in [2.24, 2.45) is 0 Å². The van der Waals surface area contributed by atoms with Gasteiger partial charge in [-0.15, -0.1) is 0 Å². The standard InChI is InChI=1S/C15H27N5O/c1-4-11(2)17-15(21)12(3)19-8-5-13(6-9-19)20-10-7-14(16)18-20/h7,10-13H,4-6,8-9H2,1-3H3,(H2,16,18)(H,17,21). The molecule has 6 nitrogen and oxygen atoms in total. The average Bonchev–Trinajstić information content (AvgIpc) is 2.93. The van der Waals surface area contributed by atoms with Gasteiger partial charge in [-0.3, -0.25) is 14.4 Å². The van der Waals surface area contributed by atoms with Crippen LogP contribution in [0.2, 0.25) is 0 Å². The summed E-state index contributed by atoms with van der Waals surface area (Å²) in [5, 5.41) is 7.34. The summed E-state index contributed by atoms with van der Waals surface area (Å²) in [6.07, 6.45) is 4.90. The number of anilines is 1. The minimum Gasteiger partial charge on any atom is -0.382 e. The third-order valence-electron chi connectivity index (χ3n) is 4.43. The van der Waals surface area contributed by atoms with E-state index in [-0.39, 0.29) is 18.0 Å². The molecule has 1 aromatic heterocycles. The SMILES string of the molecule is CCC(C)NC(=O)C(C)N1CCC(n2ccc(N)n2)CC1. The summed E-state index contributed by atoms with van der Waals surface area (Å²) in [5.41, 5.74) is 5.66. The van der Waals surface area contributed by atoms with E-state index in [4.69, 9.17) is 5.73 Å². The normalized spacial score (nSPS) is 20.1. The lowest BCUT2D eigenvalue weighted by atomic mass is 10.0. The molecule has 0 bridgehead atoms. The van der Waals surface area contributed by atoms with Crippen LogP contribution in [0.3, 0.4) is 0 Å². The first-order chi connectivity index (χ1) is 10.0. The molecule has 6 heteroatoms. The quantitative estimate of drug-likeness (QED) is 0.860. The van der Waals surface area contributed by atoms with Crippen molar-refractivity contribution in [3.63, 3.8) is 0 Å². The smallest absolute Gasteiger partial charge is 0.237 e. The molecular weight excluding hydrogens is 266 g/mol. The van der Waals surface area contributed by atoms with Gasteiger partial charge in [-0.25, -0.2) is 0 Å². The van der Waals surface area contributed by atoms with E-state index >= 15 is 0 Å². The average molecular weight is 293 g/mol. The van der Waals surface area contributed by atoms with Gasteiger partial charge in [0.1, 0.15) is 5.82 Å². The Bertz CT molecular complexity index is 464. The molecule has 1 aliphatic heterocycles. The Hall–Kier alpha value is -1.56. The van der Waals surface area contributed by atoms with E-state index in [0.717, 1.165) is 32.4 Å². The minimum atomic E-state index is -0.0670. The molecule has 1 saturated heterocycles. The number of carbonyl (C=O) groups excluding carboxylic acids is 1. The van der Waals surface area contributed by atoms with Crippen LogP contribution < -0.4 is 11.1 Å². The molecular formula is C15H27N5O. The molecule has 2 rings (SSSR count). The van der Waals surface area contributed by atoms with E-state index in [1.165, 1.54) is 0 Å². The topological polar surface area (TPSA) is 76.2 Å². The molecule has 0 spiro atoms. The van der Waals surface area contributed by atoms with Crippen LogP contribution in [0.15, 0.2) is 12.3 Å². The summed E-state index contributed by atoms with van der Waals surface area (Å²) in [5.74, 6) is 0.699. The number of aromatic nitrogens is 2. The molecule has 2 heterocycles. The lowest BCUT2D eigenvalue weighted by Crippen LogP contribution is -2.50. The van der Waals surface area contributed by atoms with E-state index in [0.29, 0.717) is 11.9 Å². The van der Waals surface area contributed by atoms with Crippen LogP contribution >= 0.6 is 0 Å². The Morgan fingerprint density at radius 3 is 2.67 bits per heavy atom. The van der Waals surface area contributed by atoms with Crippen molar-refractivity contribution >= 4 is 11.7 Å². The Kier molecular flexibility index (Phi) is 5.22. The molecule has 0 radical (unpaired) electrons. The van der Waals surface area contributed by atoms with Gasteiger partial charge in [0.15, 0.2) is 0 Å². The van der Waals surface area contributed by atoms with Crippen molar-refractivity contribution < 1.29 is 4.79 Å². The fourth-order valence-corrected chi connectivity index (χ4v) is 2.73. The van der Waals surface area contributed by atoms with E-state index < -0.39 is 0 Å². The van der Waals surface area contributed by atoms with Crippen molar-refractivity contribution in [1.29, 1.82) is 0 Å². The van der Waals surface area contributed by atoms with Crippen LogP contribution in [0.1, 0.15) is 46.1 Å². The van der Waals surface area contributed by atoms with Crippen LogP contribution in [0.4, 0.5) is 5.82 Å². The number of piperidine rings is 1. The van der Waals surface area contributed by atoms with Crippen LogP contribution in [-0.4, -0.2) is 45.8 Å². The highest BCUT2D eigenvalue weighted by Gasteiger charge is 2.27. The maximum atomic E-state index is 12.2. The second kappa shape index (κ2) is 6.93. The fourth-order valence-electron chi connectivity index (χ4n) is 2.73. The van der Waals surface area contributed by atoms with Crippen molar-refractivity contribution in [2.45, 2.75) is 58.2 Å². The molecule has 1 aliphatic rings. The zero-order valence-electron chi connectivity index (χ0n) is 13.2. The number of likely N-dealkylation sites (tertiary alicyclic amines) is 1. The number of nitrogen functional groups attached to an aromatic ring is 1. The summed E-state index contributed by atoms with van der Waals surface area (Å²) in [4.78, 5) is 14.4. The molecule has 2 atom stereocenters. The number of nitrogens with two attached hydrogens (primary N) is 1. The highest BCUT2D eigenvalue weighted by atomic mass is 16.2. The molecule has 1 fully saturated rings. The van der Waals surface area contributed by atoms with Crippen LogP contribution in [0.25, 0.3) is 0 Å². The maximum absolute atomic E-state index is 12.2. The van der Waals surface area contributed by atoms with Gasteiger partial charge in [0.05, 0.1) is 12.1 Å². The summed E-state index contributed by atoms with van der Waals surface area (Å²) in [6, 6.07) is 2.39. The van der Waals surface area contributed by atoms with E-state index in [2.05, 4.69) is 22.2 Å². The van der Waals surface area contributed by atoms with Gasteiger partial charge >= 0.3 is 0 Å². The first kappa shape index (κ1) is 15.8. The lowest BCUT2D eigenvalue weighted by Gasteiger charge is -2.35. The first-order valence-electron chi connectivity index (χ1n) is 7.86. The van der Waals surface area contributed by atoms with Crippen LogP contribution in [-0.2, 0) is 4.79 Å². The predicted octanol–water partition coefficient (Wildman–Crippen LogP) is 1.41. The summed E-state index contributed by atoms with van der Waals surface area (Å²) < 4.78 is 1.95. The largest absolute Gasteiger partial charge is 0.382 e. The Balaban J connectivity index is 1.84. The molecule has 2 unspecified atom stereocenters. The van der Waals surface area contributed by atoms with Gasteiger partial charge < -0.3 is 11.1 Å². The second-order valence-electron chi connectivity index (χ2n) is 5.98. The molecule has 1 aromatic rings. The predicted molar refractivity (Wildman–Crippen MR) is 83.8 cm³/mol. The van der Waals surface area contributed by atoms with Gasteiger partial charge in [0.2, 0.25) is 5.91 Å². The number of hydrogen-bond donors (Lipinski definition) is 2.